The van der Waals surface area contributed by atoms with Crippen molar-refractivity contribution in [3.05, 3.63) is 34.9 Å². The highest BCUT2D eigenvalue weighted by Crippen LogP contribution is 2.14. The Morgan fingerprint density at radius 3 is 2.57 bits per heavy atom. The van der Waals surface area contributed by atoms with E-state index < -0.39 is 0 Å². The number of aryl methyl sites for hydroxylation is 1. The average Bonchev–Trinajstić information content (AvgIpc) is 2.17. The fraction of sp³-hybridized carbons (Fsp3) is 0.417. The molecule has 0 fully saturated rings. The first-order chi connectivity index (χ1) is 6.72. The zero-order valence-electron chi connectivity index (χ0n) is 8.37. The van der Waals surface area contributed by atoms with Gasteiger partial charge in [0, 0.05) is 11.4 Å². The third-order valence-corrected chi connectivity index (χ3v) is 2.59. The fourth-order valence-corrected chi connectivity index (χ4v) is 1.47. The van der Waals surface area contributed by atoms with Gasteiger partial charge in [0.25, 0.3) is 0 Å². The van der Waals surface area contributed by atoms with Gasteiger partial charge in [-0.25, -0.2) is 0 Å². The minimum absolute atomic E-state index is 0.475. The van der Waals surface area contributed by atoms with Gasteiger partial charge in [0.05, 0.1) is 0 Å². The number of carbonyl (C=O) groups excluding carboxylic acids is 1. The lowest BCUT2D eigenvalue weighted by molar-refractivity contribution is -0.108. The summed E-state index contributed by atoms with van der Waals surface area (Å²) in [6.07, 6.45) is 3.73. The van der Waals surface area contributed by atoms with Crippen molar-refractivity contribution in [1.82, 2.24) is 0 Å². The molecule has 0 aromatic heterocycles. The molecule has 0 aliphatic heterocycles. The van der Waals surface area contributed by atoms with Crippen molar-refractivity contribution in [2.45, 2.75) is 26.2 Å². The van der Waals surface area contributed by atoms with Crippen molar-refractivity contribution < 1.29 is 4.79 Å². The molecule has 1 aromatic carbocycles. The topological polar surface area (TPSA) is 17.1 Å². The number of benzene rings is 1. The van der Waals surface area contributed by atoms with E-state index in [-0.39, 0.29) is 0 Å². The molecule has 1 rings (SSSR count). The lowest BCUT2D eigenvalue weighted by Crippen LogP contribution is -1.97. The van der Waals surface area contributed by atoms with Crippen LogP contribution in [-0.2, 0) is 11.2 Å². The van der Waals surface area contributed by atoms with Crippen LogP contribution in [0.15, 0.2) is 24.3 Å². The molecule has 14 heavy (non-hydrogen) atoms. The van der Waals surface area contributed by atoms with Gasteiger partial charge in [-0.1, -0.05) is 30.7 Å². The monoisotopic (exact) mass is 210 g/mol. The molecule has 0 aliphatic carbocycles. The summed E-state index contributed by atoms with van der Waals surface area (Å²) >= 11 is 5.78. The first kappa shape index (κ1) is 11.3. The number of aldehydes is 1. The molecule has 1 nitrogen and oxygen atoms in total. The van der Waals surface area contributed by atoms with Crippen LogP contribution in [0.5, 0.6) is 0 Å². The van der Waals surface area contributed by atoms with Gasteiger partial charge in [0.15, 0.2) is 0 Å². The Morgan fingerprint density at radius 1 is 1.36 bits per heavy atom. The Hall–Kier alpha value is -0.820. The molecule has 0 heterocycles. The van der Waals surface area contributed by atoms with Gasteiger partial charge in [-0.05, 0) is 36.5 Å². The van der Waals surface area contributed by atoms with E-state index in [0.717, 1.165) is 24.2 Å². The number of hydrogen-bond donors (Lipinski definition) is 0. The van der Waals surface area contributed by atoms with Gasteiger partial charge >= 0.3 is 0 Å². The van der Waals surface area contributed by atoms with E-state index >= 15 is 0 Å². The molecule has 76 valence electrons. The van der Waals surface area contributed by atoms with E-state index in [1.54, 1.807) is 0 Å². The maximum Gasteiger partial charge on any atom is 0.120 e. The summed E-state index contributed by atoms with van der Waals surface area (Å²) in [6, 6.07) is 7.88. The molecule has 0 radical (unpaired) electrons. The van der Waals surface area contributed by atoms with Crippen LogP contribution in [0.25, 0.3) is 0 Å². The molecular weight excluding hydrogens is 196 g/mol. The van der Waals surface area contributed by atoms with Crippen LogP contribution >= 0.6 is 11.6 Å². The van der Waals surface area contributed by atoms with Crippen molar-refractivity contribution >= 4 is 17.9 Å². The maximum absolute atomic E-state index is 10.3. The second kappa shape index (κ2) is 5.82. The molecule has 0 N–H and O–H groups in total. The number of carbonyl (C=O) groups is 1. The van der Waals surface area contributed by atoms with Crippen molar-refractivity contribution in [3.8, 4) is 0 Å². The van der Waals surface area contributed by atoms with Gasteiger partial charge in [0.1, 0.15) is 6.29 Å². The van der Waals surface area contributed by atoms with Crippen molar-refractivity contribution in [2.75, 3.05) is 0 Å². The molecule has 1 aromatic rings. The highest BCUT2D eigenvalue weighted by Gasteiger charge is 2.01. The molecule has 2 heteroatoms. The molecule has 1 atom stereocenters. The van der Waals surface area contributed by atoms with E-state index in [9.17, 15) is 4.79 Å². The summed E-state index contributed by atoms with van der Waals surface area (Å²) in [7, 11) is 0. The minimum Gasteiger partial charge on any atom is -0.303 e. The van der Waals surface area contributed by atoms with E-state index in [1.807, 2.05) is 24.3 Å². The molecule has 0 aliphatic rings. The number of hydrogen-bond acceptors (Lipinski definition) is 1. The summed E-state index contributed by atoms with van der Waals surface area (Å²) in [6.45, 7) is 2.10. The van der Waals surface area contributed by atoms with Gasteiger partial charge in [-0.2, -0.15) is 0 Å². The van der Waals surface area contributed by atoms with Gasteiger partial charge < -0.3 is 4.79 Å². The summed E-state index contributed by atoms with van der Waals surface area (Å²) in [5.74, 6) is 0.475. The van der Waals surface area contributed by atoms with E-state index in [0.29, 0.717) is 12.3 Å². The Labute approximate surface area is 90.1 Å². The predicted molar refractivity (Wildman–Crippen MR) is 59.6 cm³/mol. The van der Waals surface area contributed by atoms with Crippen LogP contribution in [0.1, 0.15) is 25.3 Å². The van der Waals surface area contributed by atoms with Crippen LogP contribution < -0.4 is 0 Å². The first-order valence-electron chi connectivity index (χ1n) is 4.90. The Balaban J connectivity index is 2.37. The normalized spacial score (nSPS) is 12.4. The van der Waals surface area contributed by atoms with Crippen LogP contribution in [0.4, 0.5) is 0 Å². The Morgan fingerprint density at radius 2 is 2.00 bits per heavy atom. The Kier molecular flexibility index (Phi) is 4.68. The SMILES string of the molecule is C[C@H](CC=O)CCc1ccc(Cl)cc1. The zero-order chi connectivity index (χ0) is 10.4. The van der Waals surface area contributed by atoms with Gasteiger partial charge in [-0.15, -0.1) is 0 Å². The number of rotatable bonds is 5. The smallest absolute Gasteiger partial charge is 0.120 e. The lowest BCUT2D eigenvalue weighted by atomic mass is 9.99. The highest BCUT2D eigenvalue weighted by molar-refractivity contribution is 6.30. The van der Waals surface area contributed by atoms with Crippen molar-refractivity contribution in [1.29, 1.82) is 0 Å². The molecule has 0 saturated heterocycles. The zero-order valence-corrected chi connectivity index (χ0v) is 9.13. The van der Waals surface area contributed by atoms with Crippen molar-refractivity contribution in [3.63, 3.8) is 0 Å². The summed E-state index contributed by atoms with van der Waals surface area (Å²) in [4.78, 5) is 10.3. The molecule has 0 amide bonds. The van der Waals surface area contributed by atoms with E-state index in [1.165, 1.54) is 5.56 Å². The van der Waals surface area contributed by atoms with Gasteiger partial charge in [0.2, 0.25) is 0 Å². The van der Waals surface area contributed by atoms with E-state index in [4.69, 9.17) is 11.6 Å². The van der Waals surface area contributed by atoms with Crippen LogP contribution in [0, 0.1) is 5.92 Å². The largest absolute Gasteiger partial charge is 0.303 e. The third-order valence-electron chi connectivity index (χ3n) is 2.34. The second-order valence-corrected chi connectivity index (χ2v) is 4.11. The third kappa shape index (κ3) is 3.93. The maximum atomic E-state index is 10.3. The first-order valence-corrected chi connectivity index (χ1v) is 5.28. The molecule has 0 unspecified atom stereocenters. The summed E-state index contributed by atoms with van der Waals surface area (Å²) in [5.41, 5.74) is 1.28. The molecule has 0 bridgehead atoms. The van der Waals surface area contributed by atoms with E-state index in [2.05, 4.69) is 6.92 Å². The standard InChI is InChI=1S/C12H15ClO/c1-10(8-9-14)2-3-11-4-6-12(13)7-5-11/h4-7,9-10H,2-3,8H2,1H3/t10-/m0/s1. The van der Waals surface area contributed by atoms with Crippen LogP contribution in [0.2, 0.25) is 5.02 Å². The van der Waals surface area contributed by atoms with Crippen molar-refractivity contribution in [2.24, 2.45) is 5.92 Å². The predicted octanol–water partition coefficient (Wildman–Crippen LogP) is 3.50. The second-order valence-electron chi connectivity index (χ2n) is 3.67. The fourth-order valence-electron chi connectivity index (χ4n) is 1.35. The van der Waals surface area contributed by atoms with Gasteiger partial charge in [-0.3, -0.25) is 0 Å². The van der Waals surface area contributed by atoms with Crippen LogP contribution in [0.3, 0.4) is 0 Å². The highest BCUT2D eigenvalue weighted by atomic mass is 35.5. The quantitative estimate of drug-likeness (QED) is 0.680. The molecule has 0 saturated carbocycles. The summed E-state index contributed by atoms with van der Waals surface area (Å²) in [5, 5.41) is 0.773. The van der Waals surface area contributed by atoms with Crippen LogP contribution in [-0.4, -0.2) is 6.29 Å². The molecular formula is C12H15ClO. The Bertz CT molecular complexity index is 279. The lowest BCUT2D eigenvalue weighted by Gasteiger charge is -2.06. The molecule has 0 spiro atoms. The summed E-state index contributed by atoms with van der Waals surface area (Å²) < 4.78 is 0. The number of halogens is 1. The average molecular weight is 211 g/mol. The minimum atomic E-state index is 0.475.